The number of allylic oxidation sites excluding steroid dienone is 2. The first-order chi connectivity index (χ1) is 17.1. The van der Waals surface area contributed by atoms with Crippen LogP contribution in [-0.4, -0.2) is 23.7 Å². The minimum absolute atomic E-state index is 0.0576. The van der Waals surface area contributed by atoms with E-state index in [1.165, 1.54) is 24.4 Å². The van der Waals surface area contributed by atoms with Crippen molar-refractivity contribution in [1.29, 1.82) is 5.26 Å². The van der Waals surface area contributed by atoms with Crippen LogP contribution in [0.1, 0.15) is 56.3 Å². The van der Waals surface area contributed by atoms with Gasteiger partial charge in [0.25, 0.3) is 0 Å². The molecule has 1 saturated carbocycles. The first kappa shape index (κ1) is 24.7. The molecule has 1 aliphatic carbocycles. The van der Waals surface area contributed by atoms with Crippen LogP contribution in [0.4, 0.5) is 0 Å². The zero-order chi connectivity index (χ0) is 24.6. The van der Waals surface area contributed by atoms with Crippen molar-refractivity contribution in [2.24, 2.45) is 0 Å². The maximum Gasteiger partial charge on any atom is 0.337 e. The average molecular weight is 492 g/mol. The van der Waals surface area contributed by atoms with E-state index in [2.05, 4.69) is 16.7 Å². The van der Waals surface area contributed by atoms with Crippen molar-refractivity contribution in [2.45, 2.75) is 57.6 Å². The number of hydrogen-bond acceptors (Lipinski definition) is 7. The molecule has 1 amide bonds. The number of hydrogen-bond donors (Lipinski definition) is 2. The van der Waals surface area contributed by atoms with Gasteiger partial charge in [0.05, 0.1) is 40.2 Å². The molecule has 2 heterocycles. The summed E-state index contributed by atoms with van der Waals surface area (Å²) in [7, 11) is 0. The van der Waals surface area contributed by atoms with E-state index in [0.717, 1.165) is 31.2 Å². The SMILES string of the molecule is CC1=C(C(=O)OCc2ccccc2)[C@H](c2ccco2)C(C#N)=C(SCC(=O)NC2CCCCC2)N1. The largest absolute Gasteiger partial charge is 0.468 e. The minimum Gasteiger partial charge on any atom is -0.468 e. The molecule has 1 aliphatic heterocycles. The summed E-state index contributed by atoms with van der Waals surface area (Å²) in [6.07, 6.45) is 7.04. The van der Waals surface area contributed by atoms with Gasteiger partial charge in [0.2, 0.25) is 5.91 Å². The van der Waals surface area contributed by atoms with Crippen LogP contribution < -0.4 is 10.6 Å². The zero-order valence-corrected chi connectivity index (χ0v) is 20.5. The predicted molar refractivity (Wildman–Crippen MR) is 134 cm³/mol. The molecule has 0 bridgehead atoms. The normalized spacial score (nSPS) is 18.6. The molecule has 4 rings (SSSR count). The summed E-state index contributed by atoms with van der Waals surface area (Å²) in [6.45, 7) is 1.89. The van der Waals surface area contributed by atoms with Gasteiger partial charge in [-0.1, -0.05) is 61.4 Å². The number of nitriles is 1. The summed E-state index contributed by atoms with van der Waals surface area (Å²) in [6, 6.07) is 15.3. The Labute approximate surface area is 209 Å². The molecule has 2 aliphatic rings. The number of ether oxygens (including phenoxy) is 1. The smallest absolute Gasteiger partial charge is 0.337 e. The Morgan fingerprint density at radius 2 is 1.94 bits per heavy atom. The van der Waals surface area contributed by atoms with Gasteiger partial charge in [0, 0.05) is 11.7 Å². The van der Waals surface area contributed by atoms with E-state index in [-0.39, 0.29) is 24.3 Å². The third kappa shape index (κ3) is 6.17. The number of rotatable bonds is 8. The summed E-state index contributed by atoms with van der Waals surface area (Å²) < 4.78 is 11.2. The highest BCUT2D eigenvalue weighted by Gasteiger charge is 2.37. The van der Waals surface area contributed by atoms with Crippen molar-refractivity contribution in [1.82, 2.24) is 10.6 Å². The zero-order valence-electron chi connectivity index (χ0n) is 19.7. The van der Waals surface area contributed by atoms with Gasteiger partial charge in [-0.05, 0) is 37.5 Å². The lowest BCUT2D eigenvalue weighted by Crippen LogP contribution is -2.37. The molecule has 8 heteroatoms. The van der Waals surface area contributed by atoms with Gasteiger partial charge in [-0.2, -0.15) is 5.26 Å². The maximum absolute atomic E-state index is 13.2. The van der Waals surface area contributed by atoms with Gasteiger partial charge in [-0.15, -0.1) is 0 Å². The molecule has 1 aromatic heterocycles. The molecule has 0 radical (unpaired) electrons. The summed E-state index contributed by atoms with van der Waals surface area (Å²) in [5, 5.41) is 16.9. The highest BCUT2D eigenvalue weighted by Crippen LogP contribution is 2.41. The summed E-state index contributed by atoms with van der Waals surface area (Å²) in [4.78, 5) is 25.7. The number of amides is 1. The van der Waals surface area contributed by atoms with Crippen LogP contribution >= 0.6 is 11.8 Å². The van der Waals surface area contributed by atoms with Gasteiger partial charge >= 0.3 is 5.97 Å². The lowest BCUT2D eigenvalue weighted by atomic mass is 9.86. The van der Waals surface area contributed by atoms with Crippen molar-refractivity contribution in [3.8, 4) is 6.07 Å². The van der Waals surface area contributed by atoms with Crippen LogP contribution in [0.25, 0.3) is 0 Å². The number of benzene rings is 1. The van der Waals surface area contributed by atoms with E-state index < -0.39 is 11.9 Å². The molecule has 1 fully saturated rings. The van der Waals surface area contributed by atoms with Crippen molar-refractivity contribution >= 4 is 23.6 Å². The number of carbonyl (C=O) groups excluding carboxylic acids is 2. The molecule has 35 heavy (non-hydrogen) atoms. The molecule has 0 saturated heterocycles. The second kappa shape index (κ2) is 11.8. The van der Waals surface area contributed by atoms with E-state index >= 15 is 0 Å². The molecule has 1 aromatic carbocycles. The lowest BCUT2D eigenvalue weighted by Gasteiger charge is -2.28. The third-order valence-corrected chi connectivity index (χ3v) is 7.24. The Hall–Kier alpha value is -3.44. The molecule has 2 N–H and O–H groups in total. The Balaban J connectivity index is 1.51. The molecule has 1 atom stereocenters. The van der Waals surface area contributed by atoms with E-state index in [1.54, 1.807) is 19.1 Å². The first-order valence-corrected chi connectivity index (χ1v) is 12.8. The quantitative estimate of drug-likeness (QED) is 0.506. The van der Waals surface area contributed by atoms with Crippen molar-refractivity contribution in [3.63, 3.8) is 0 Å². The Kier molecular flexibility index (Phi) is 8.32. The number of carbonyl (C=O) groups is 2. The average Bonchev–Trinajstić information content (AvgIpc) is 3.41. The fourth-order valence-corrected chi connectivity index (χ4v) is 5.39. The molecule has 2 aromatic rings. The molecular weight excluding hydrogens is 462 g/mol. The van der Waals surface area contributed by atoms with Gasteiger partial charge < -0.3 is 19.8 Å². The number of nitrogens with one attached hydrogen (secondary N) is 2. The monoisotopic (exact) mass is 491 g/mol. The Morgan fingerprint density at radius 1 is 1.17 bits per heavy atom. The number of esters is 1. The molecule has 0 unspecified atom stereocenters. The Morgan fingerprint density at radius 3 is 2.63 bits per heavy atom. The van der Waals surface area contributed by atoms with E-state index in [0.29, 0.717) is 27.6 Å². The van der Waals surface area contributed by atoms with Crippen molar-refractivity contribution < 1.29 is 18.7 Å². The van der Waals surface area contributed by atoms with Crippen LogP contribution in [-0.2, 0) is 20.9 Å². The number of thioether (sulfide) groups is 1. The van der Waals surface area contributed by atoms with Gasteiger partial charge in [-0.3, -0.25) is 4.79 Å². The highest BCUT2D eigenvalue weighted by atomic mass is 32.2. The van der Waals surface area contributed by atoms with E-state index in [9.17, 15) is 14.9 Å². The maximum atomic E-state index is 13.2. The van der Waals surface area contributed by atoms with Crippen LogP contribution in [0.3, 0.4) is 0 Å². The first-order valence-electron chi connectivity index (χ1n) is 11.9. The summed E-state index contributed by atoms with van der Waals surface area (Å²) in [5.74, 6) is -0.650. The van der Waals surface area contributed by atoms with Crippen LogP contribution in [0.2, 0.25) is 0 Å². The third-order valence-electron chi connectivity index (χ3n) is 6.23. The predicted octanol–water partition coefficient (Wildman–Crippen LogP) is 4.90. The lowest BCUT2D eigenvalue weighted by molar-refractivity contribution is -0.140. The highest BCUT2D eigenvalue weighted by molar-refractivity contribution is 8.03. The minimum atomic E-state index is -0.719. The van der Waals surface area contributed by atoms with Crippen LogP contribution in [0.5, 0.6) is 0 Å². The van der Waals surface area contributed by atoms with E-state index in [4.69, 9.17) is 9.15 Å². The van der Waals surface area contributed by atoms with Gasteiger partial charge in [0.15, 0.2) is 0 Å². The fourth-order valence-electron chi connectivity index (χ4n) is 4.49. The summed E-state index contributed by atoms with van der Waals surface area (Å²) in [5.41, 5.74) is 2.09. The standard InChI is InChI=1S/C27H29N3O4S/c1-18-24(27(32)34-16-19-9-4-2-5-10-19)25(22-13-8-14-33-22)21(15-28)26(29-18)35-17-23(31)30-20-11-6-3-7-12-20/h2,4-5,8-10,13-14,20,25,29H,3,6-7,11-12,16-17H2,1H3,(H,30,31)/t25-/m0/s1. The fraction of sp³-hybridized carbons (Fsp3) is 0.370. The number of dihydropyridines is 1. The second-order valence-electron chi connectivity index (χ2n) is 8.72. The van der Waals surface area contributed by atoms with Crippen LogP contribution in [0, 0.1) is 11.3 Å². The Bertz CT molecular complexity index is 1140. The molecule has 0 spiro atoms. The van der Waals surface area contributed by atoms with E-state index in [1.807, 2.05) is 30.3 Å². The van der Waals surface area contributed by atoms with Crippen LogP contribution in [0.15, 0.2) is 75.0 Å². The summed E-state index contributed by atoms with van der Waals surface area (Å²) >= 11 is 1.26. The van der Waals surface area contributed by atoms with Gasteiger partial charge in [0.1, 0.15) is 12.4 Å². The van der Waals surface area contributed by atoms with Gasteiger partial charge in [-0.25, -0.2) is 4.79 Å². The van der Waals surface area contributed by atoms with Crippen molar-refractivity contribution in [2.75, 3.05) is 5.75 Å². The second-order valence-corrected chi connectivity index (χ2v) is 9.71. The molecule has 7 nitrogen and oxygen atoms in total. The number of nitrogens with zero attached hydrogens (tertiary/aromatic N) is 1. The molecule has 182 valence electrons. The number of furan rings is 1. The topological polar surface area (TPSA) is 104 Å². The van der Waals surface area contributed by atoms with Crippen molar-refractivity contribution in [3.05, 3.63) is 81.9 Å². The molecular formula is C27H29N3O4S.